The molecule has 0 spiro atoms. The van der Waals surface area contributed by atoms with Crippen LogP contribution in [0.3, 0.4) is 0 Å². The second kappa shape index (κ2) is 7.78. The number of halogens is 1. The van der Waals surface area contributed by atoms with Crippen LogP contribution in [0.2, 0.25) is 0 Å². The summed E-state index contributed by atoms with van der Waals surface area (Å²) in [5.41, 5.74) is 1.84. The molecule has 0 aliphatic heterocycles. The van der Waals surface area contributed by atoms with Crippen molar-refractivity contribution in [2.24, 2.45) is 0 Å². The number of carbonyl (C=O) groups excluding carboxylic acids is 2. The molecule has 0 aliphatic carbocycles. The average molecular weight is 350 g/mol. The molecule has 0 saturated carbocycles. The van der Waals surface area contributed by atoms with Crippen LogP contribution in [0.15, 0.2) is 72.9 Å². The fourth-order valence-electron chi connectivity index (χ4n) is 2.73. The van der Waals surface area contributed by atoms with Crippen LogP contribution in [-0.2, 0) is 11.3 Å². The van der Waals surface area contributed by atoms with Gasteiger partial charge in [-0.05, 0) is 36.8 Å². The van der Waals surface area contributed by atoms with Crippen molar-refractivity contribution in [3.63, 3.8) is 0 Å². The molecule has 1 atom stereocenters. The van der Waals surface area contributed by atoms with Crippen molar-refractivity contribution in [2.75, 3.05) is 0 Å². The van der Waals surface area contributed by atoms with Crippen molar-refractivity contribution < 1.29 is 14.0 Å². The maximum absolute atomic E-state index is 12.9. The Bertz CT molecular complexity index is 901. The zero-order valence-corrected chi connectivity index (χ0v) is 14.4. The van der Waals surface area contributed by atoms with Gasteiger partial charge in [0.25, 0.3) is 0 Å². The largest absolute Gasteiger partial charge is 0.350 e. The number of ketones is 1. The molecule has 3 aromatic rings. The van der Waals surface area contributed by atoms with Gasteiger partial charge in [-0.15, -0.1) is 0 Å². The van der Waals surface area contributed by atoms with Gasteiger partial charge in [-0.3, -0.25) is 9.59 Å². The highest BCUT2D eigenvalue weighted by molar-refractivity contribution is 6.08. The van der Waals surface area contributed by atoms with Crippen LogP contribution in [0, 0.1) is 5.82 Å². The van der Waals surface area contributed by atoms with Crippen molar-refractivity contribution in [1.82, 2.24) is 9.88 Å². The third-order valence-electron chi connectivity index (χ3n) is 4.22. The lowest BCUT2D eigenvalue weighted by Gasteiger charge is -2.17. The van der Waals surface area contributed by atoms with Gasteiger partial charge in [-0.2, -0.15) is 0 Å². The van der Waals surface area contributed by atoms with E-state index in [1.54, 1.807) is 66.2 Å². The zero-order chi connectivity index (χ0) is 18.5. The first-order valence-corrected chi connectivity index (χ1v) is 8.35. The second-order valence-electron chi connectivity index (χ2n) is 6.02. The highest BCUT2D eigenvalue weighted by Crippen LogP contribution is 2.16. The number of hydrogen-bond acceptors (Lipinski definition) is 2. The Morgan fingerprint density at radius 2 is 1.69 bits per heavy atom. The molecule has 1 N–H and O–H groups in total. The minimum atomic E-state index is -0.548. The van der Waals surface area contributed by atoms with E-state index in [2.05, 4.69) is 5.32 Å². The van der Waals surface area contributed by atoms with Crippen LogP contribution in [-0.4, -0.2) is 16.3 Å². The Hall–Kier alpha value is -3.21. The van der Waals surface area contributed by atoms with Gasteiger partial charge in [-0.25, -0.2) is 4.39 Å². The SMILES string of the molecule is C[C@@H](C(=O)NCc1ccc(F)cc1)n1cccc1C(=O)c1ccccc1. The summed E-state index contributed by atoms with van der Waals surface area (Å²) in [6, 6.07) is 17.8. The highest BCUT2D eigenvalue weighted by Gasteiger charge is 2.20. The van der Waals surface area contributed by atoms with Gasteiger partial charge in [0.1, 0.15) is 11.9 Å². The van der Waals surface area contributed by atoms with Gasteiger partial charge in [-0.1, -0.05) is 42.5 Å². The van der Waals surface area contributed by atoms with Gasteiger partial charge >= 0.3 is 0 Å². The van der Waals surface area contributed by atoms with E-state index in [0.717, 1.165) is 5.56 Å². The summed E-state index contributed by atoms with van der Waals surface area (Å²) in [5, 5.41) is 2.82. The summed E-state index contributed by atoms with van der Waals surface area (Å²) in [7, 11) is 0. The molecule has 1 amide bonds. The molecule has 5 heteroatoms. The number of benzene rings is 2. The summed E-state index contributed by atoms with van der Waals surface area (Å²) < 4.78 is 14.6. The van der Waals surface area contributed by atoms with Crippen molar-refractivity contribution in [1.29, 1.82) is 0 Å². The maximum Gasteiger partial charge on any atom is 0.243 e. The van der Waals surface area contributed by atoms with E-state index in [0.29, 0.717) is 17.8 Å². The predicted octanol–water partition coefficient (Wildman–Crippen LogP) is 3.74. The lowest BCUT2D eigenvalue weighted by Crippen LogP contribution is -2.31. The van der Waals surface area contributed by atoms with Crippen LogP contribution >= 0.6 is 0 Å². The normalized spacial score (nSPS) is 11.8. The van der Waals surface area contributed by atoms with E-state index >= 15 is 0 Å². The Kier molecular flexibility index (Phi) is 5.27. The molecule has 0 unspecified atom stereocenters. The molecular formula is C21H19FN2O2. The fourth-order valence-corrected chi connectivity index (χ4v) is 2.73. The number of nitrogens with zero attached hydrogens (tertiary/aromatic N) is 1. The molecule has 132 valence electrons. The molecule has 0 fully saturated rings. The summed E-state index contributed by atoms with van der Waals surface area (Å²) in [4.78, 5) is 25.2. The van der Waals surface area contributed by atoms with Crippen molar-refractivity contribution >= 4 is 11.7 Å². The summed E-state index contributed by atoms with van der Waals surface area (Å²) >= 11 is 0. The molecular weight excluding hydrogens is 331 g/mol. The van der Waals surface area contributed by atoms with Gasteiger partial charge < -0.3 is 9.88 Å². The van der Waals surface area contributed by atoms with E-state index in [1.807, 2.05) is 6.07 Å². The summed E-state index contributed by atoms with van der Waals surface area (Å²) in [6.07, 6.45) is 1.72. The number of nitrogens with one attached hydrogen (secondary N) is 1. The molecule has 0 aliphatic rings. The van der Waals surface area contributed by atoms with Crippen LogP contribution in [0.1, 0.15) is 34.6 Å². The molecule has 1 aromatic heterocycles. The molecule has 2 aromatic carbocycles. The van der Waals surface area contributed by atoms with E-state index in [1.165, 1.54) is 12.1 Å². The molecule has 0 bridgehead atoms. The van der Waals surface area contributed by atoms with Crippen molar-refractivity contribution in [3.05, 3.63) is 95.6 Å². The predicted molar refractivity (Wildman–Crippen MR) is 97.3 cm³/mol. The number of hydrogen-bond donors (Lipinski definition) is 1. The minimum absolute atomic E-state index is 0.131. The molecule has 0 radical (unpaired) electrons. The fraction of sp³-hybridized carbons (Fsp3) is 0.143. The number of rotatable bonds is 6. The molecule has 0 saturated heterocycles. The van der Waals surface area contributed by atoms with E-state index in [-0.39, 0.29) is 17.5 Å². The van der Waals surface area contributed by atoms with E-state index < -0.39 is 6.04 Å². The Labute approximate surface area is 151 Å². The van der Waals surface area contributed by atoms with Gasteiger partial charge in [0, 0.05) is 18.3 Å². The third kappa shape index (κ3) is 3.88. The summed E-state index contributed by atoms with van der Waals surface area (Å²) in [5.74, 6) is -0.661. The van der Waals surface area contributed by atoms with E-state index in [4.69, 9.17) is 0 Å². The van der Waals surface area contributed by atoms with E-state index in [9.17, 15) is 14.0 Å². The van der Waals surface area contributed by atoms with Crippen molar-refractivity contribution in [3.8, 4) is 0 Å². The first kappa shape index (κ1) is 17.6. The quantitative estimate of drug-likeness (QED) is 0.689. The van der Waals surface area contributed by atoms with Crippen LogP contribution in [0.4, 0.5) is 4.39 Å². The molecule has 1 heterocycles. The standard InChI is InChI=1S/C21H19FN2O2/c1-15(21(26)23-14-16-9-11-18(22)12-10-16)24-13-5-8-19(24)20(25)17-6-3-2-4-7-17/h2-13,15H,14H2,1H3,(H,23,26)/t15-/m0/s1. The zero-order valence-electron chi connectivity index (χ0n) is 14.4. The lowest BCUT2D eigenvalue weighted by atomic mass is 10.1. The lowest BCUT2D eigenvalue weighted by molar-refractivity contribution is -0.124. The highest BCUT2D eigenvalue weighted by atomic mass is 19.1. The van der Waals surface area contributed by atoms with Gasteiger partial charge in [0.15, 0.2) is 0 Å². The Morgan fingerprint density at radius 3 is 2.38 bits per heavy atom. The number of carbonyl (C=O) groups is 2. The first-order valence-electron chi connectivity index (χ1n) is 8.35. The topological polar surface area (TPSA) is 51.1 Å². The molecule has 26 heavy (non-hydrogen) atoms. The van der Waals surface area contributed by atoms with Crippen LogP contribution < -0.4 is 5.32 Å². The van der Waals surface area contributed by atoms with Crippen molar-refractivity contribution in [2.45, 2.75) is 19.5 Å². The maximum atomic E-state index is 12.9. The van der Waals surface area contributed by atoms with Gasteiger partial charge in [0.05, 0.1) is 5.69 Å². The molecule has 4 nitrogen and oxygen atoms in total. The molecule has 3 rings (SSSR count). The third-order valence-corrected chi connectivity index (χ3v) is 4.22. The van der Waals surface area contributed by atoms with Gasteiger partial charge in [0.2, 0.25) is 11.7 Å². The Balaban J connectivity index is 1.71. The minimum Gasteiger partial charge on any atom is -0.350 e. The number of amides is 1. The first-order chi connectivity index (χ1) is 12.6. The van der Waals surface area contributed by atoms with Crippen LogP contribution in [0.25, 0.3) is 0 Å². The van der Waals surface area contributed by atoms with Crippen LogP contribution in [0.5, 0.6) is 0 Å². The Morgan fingerprint density at radius 1 is 1.00 bits per heavy atom. The monoisotopic (exact) mass is 350 g/mol. The number of aromatic nitrogens is 1. The average Bonchev–Trinajstić information content (AvgIpc) is 3.16. The summed E-state index contributed by atoms with van der Waals surface area (Å²) in [6.45, 7) is 2.04. The second-order valence-corrected chi connectivity index (χ2v) is 6.02. The smallest absolute Gasteiger partial charge is 0.243 e.